The number of benzene rings is 1. The monoisotopic (exact) mass is 578 g/mol. The average Bonchev–Trinajstić information content (AvgIpc) is 3.47. The summed E-state index contributed by atoms with van der Waals surface area (Å²) in [6, 6.07) is 11.7. The number of rotatable bonds is 10. The fourth-order valence-corrected chi connectivity index (χ4v) is 7.23. The van der Waals surface area contributed by atoms with E-state index in [-0.39, 0.29) is 28.4 Å². The number of hydrogen-bond donors (Lipinski definition) is 5. The third-order valence-electron chi connectivity index (χ3n) is 8.59. The van der Waals surface area contributed by atoms with Gasteiger partial charge in [0, 0.05) is 47.7 Å². The molecule has 0 aliphatic carbocycles. The number of nitrogens with one attached hydrogen (secondary N) is 3. The van der Waals surface area contributed by atoms with Crippen molar-refractivity contribution in [2.24, 2.45) is 16.9 Å². The molecule has 0 bridgehead atoms. The Morgan fingerprint density at radius 2 is 2.05 bits per heavy atom. The molecule has 0 unspecified atom stereocenters. The van der Waals surface area contributed by atoms with Gasteiger partial charge in [0.1, 0.15) is 5.65 Å². The molecule has 2 aliphatic rings. The van der Waals surface area contributed by atoms with Crippen LogP contribution in [0, 0.1) is 10.8 Å². The Bertz CT molecular complexity index is 1400. The van der Waals surface area contributed by atoms with Crippen molar-refractivity contribution < 1.29 is 0 Å². The quantitative estimate of drug-likeness (QED) is 0.172. The molecule has 10 heteroatoms. The topological polar surface area (TPSA) is 142 Å². The minimum absolute atomic E-state index is 0.184. The van der Waals surface area contributed by atoms with Gasteiger partial charge in [-0.3, -0.25) is 14.9 Å². The van der Waals surface area contributed by atoms with E-state index in [1.807, 2.05) is 18.3 Å². The van der Waals surface area contributed by atoms with Crippen LogP contribution in [0.2, 0.25) is 0 Å². The maximum atomic E-state index is 13.1. The average molecular weight is 579 g/mol. The van der Waals surface area contributed by atoms with Crippen LogP contribution in [0.1, 0.15) is 89.1 Å². The van der Waals surface area contributed by atoms with E-state index in [0.717, 1.165) is 74.1 Å². The zero-order chi connectivity index (χ0) is 29.1. The molecule has 41 heavy (non-hydrogen) atoms. The SMILES string of the molecule is C[C@@H](N)CCCN1CC(C)(C)C[C@H]1c1cc2cn(-c3ccc([C@@H]4CCC[C@@H](CCSC(=N)N)N4)cc3)c(=O)nc2[nH]1. The zero-order valence-corrected chi connectivity index (χ0v) is 25.5. The van der Waals surface area contributed by atoms with E-state index in [1.54, 1.807) is 4.57 Å². The number of aromatic nitrogens is 3. The zero-order valence-electron chi connectivity index (χ0n) is 24.7. The number of nitrogens with zero attached hydrogens (tertiary/aromatic N) is 3. The van der Waals surface area contributed by atoms with E-state index in [1.165, 1.54) is 23.7 Å². The second-order valence-corrected chi connectivity index (χ2v) is 14.0. The summed E-state index contributed by atoms with van der Waals surface area (Å²) < 4.78 is 1.65. The number of aromatic amines is 1. The summed E-state index contributed by atoms with van der Waals surface area (Å²) in [5.74, 6) is 0.863. The minimum atomic E-state index is -0.280. The number of hydrogen-bond acceptors (Lipinski definition) is 7. The molecule has 2 saturated heterocycles. The lowest BCUT2D eigenvalue weighted by Gasteiger charge is -2.31. The first-order valence-electron chi connectivity index (χ1n) is 15.0. The van der Waals surface area contributed by atoms with Gasteiger partial charge in [0.2, 0.25) is 0 Å². The molecule has 2 aromatic heterocycles. The van der Waals surface area contributed by atoms with Gasteiger partial charge < -0.3 is 21.8 Å². The molecule has 222 valence electrons. The van der Waals surface area contributed by atoms with Crippen molar-refractivity contribution in [2.45, 2.75) is 89.9 Å². The summed E-state index contributed by atoms with van der Waals surface area (Å²) in [7, 11) is 0. The number of fused-ring (bicyclic) bond motifs is 1. The smallest absolute Gasteiger partial charge is 0.354 e. The molecule has 3 aromatic rings. The van der Waals surface area contributed by atoms with Crippen molar-refractivity contribution in [2.75, 3.05) is 18.8 Å². The lowest BCUT2D eigenvalue weighted by molar-refractivity contribution is 0.235. The van der Waals surface area contributed by atoms with Gasteiger partial charge in [0.05, 0.1) is 11.7 Å². The van der Waals surface area contributed by atoms with E-state index in [9.17, 15) is 4.79 Å². The molecule has 7 N–H and O–H groups in total. The van der Waals surface area contributed by atoms with Crippen molar-refractivity contribution in [3.63, 3.8) is 0 Å². The highest BCUT2D eigenvalue weighted by Crippen LogP contribution is 2.43. The number of thioether (sulfide) groups is 1. The largest absolute Gasteiger partial charge is 0.379 e. The molecule has 0 spiro atoms. The van der Waals surface area contributed by atoms with Gasteiger partial charge in [-0.25, -0.2) is 4.79 Å². The Morgan fingerprint density at radius 1 is 1.27 bits per heavy atom. The summed E-state index contributed by atoms with van der Waals surface area (Å²) in [6.45, 7) is 8.80. The van der Waals surface area contributed by atoms with Gasteiger partial charge in [-0.15, -0.1) is 0 Å². The highest BCUT2D eigenvalue weighted by molar-refractivity contribution is 8.13. The molecule has 0 radical (unpaired) electrons. The molecular formula is C31H46N8OS. The number of nitrogens with two attached hydrogens (primary N) is 2. The lowest BCUT2D eigenvalue weighted by atomic mass is 9.90. The molecule has 0 saturated carbocycles. The Labute approximate surface area is 247 Å². The molecule has 2 aliphatic heterocycles. The Hall–Kier alpha value is -2.66. The van der Waals surface area contributed by atoms with Crippen molar-refractivity contribution in [1.82, 2.24) is 24.8 Å². The highest BCUT2D eigenvalue weighted by atomic mass is 32.2. The fraction of sp³-hybridized carbons (Fsp3) is 0.581. The van der Waals surface area contributed by atoms with Crippen LogP contribution in [-0.4, -0.2) is 55.5 Å². The normalized spacial score (nSPS) is 23.7. The van der Waals surface area contributed by atoms with Crippen LogP contribution < -0.4 is 22.5 Å². The van der Waals surface area contributed by atoms with Gasteiger partial charge >= 0.3 is 5.69 Å². The molecule has 1 aromatic carbocycles. The van der Waals surface area contributed by atoms with Crippen molar-refractivity contribution in [3.8, 4) is 5.69 Å². The molecule has 9 nitrogen and oxygen atoms in total. The maximum absolute atomic E-state index is 13.1. The predicted octanol–water partition coefficient (Wildman–Crippen LogP) is 4.81. The van der Waals surface area contributed by atoms with Crippen LogP contribution in [0.15, 0.2) is 41.3 Å². The molecular weight excluding hydrogens is 532 g/mol. The Kier molecular flexibility index (Phi) is 9.23. The molecule has 4 heterocycles. The molecule has 0 amide bonds. The second kappa shape index (κ2) is 12.7. The Morgan fingerprint density at radius 3 is 2.78 bits per heavy atom. The predicted molar refractivity (Wildman–Crippen MR) is 170 cm³/mol. The number of H-pyrrole nitrogens is 1. The first-order valence-corrected chi connectivity index (χ1v) is 16.0. The molecule has 5 rings (SSSR count). The number of likely N-dealkylation sites (tertiary alicyclic amines) is 1. The van der Waals surface area contributed by atoms with E-state index in [0.29, 0.717) is 17.7 Å². The van der Waals surface area contributed by atoms with Crippen molar-refractivity contribution >= 4 is 28.0 Å². The number of amidine groups is 1. The summed E-state index contributed by atoms with van der Waals surface area (Å²) >= 11 is 1.41. The van der Waals surface area contributed by atoms with Crippen LogP contribution in [0.25, 0.3) is 16.7 Å². The van der Waals surface area contributed by atoms with Gasteiger partial charge in [0.15, 0.2) is 5.17 Å². The van der Waals surface area contributed by atoms with E-state index in [4.69, 9.17) is 16.9 Å². The summed E-state index contributed by atoms with van der Waals surface area (Å²) in [4.78, 5) is 23.6. The minimum Gasteiger partial charge on any atom is -0.379 e. The summed E-state index contributed by atoms with van der Waals surface area (Å²) in [5, 5.41) is 12.3. The standard InChI is InChI=1S/C31H46N8OS/c1-20(32)6-5-14-38-19-31(2,3)17-27(38)26-16-22-18-39(30(40)37-28(22)36-26)24-11-9-21(10-12-24)25-8-4-7-23(35-25)13-15-41-29(33)34/h9-12,16,18,20,23,25,27,35H,4-8,13-15,17,19,32H2,1-3H3,(H3,33,34)(H,36,37,40)/t20-,23+,25+,27+/m1/s1. The van der Waals surface area contributed by atoms with Crippen molar-refractivity contribution in [3.05, 3.63) is 58.3 Å². The van der Waals surface area contributed by atoms with Gasteiger partial charge in [-0.05, 0) is 81.2 Å². The van der Waals surface area contributed by atoms with Crippen LogP contribution in [0.3, 0.4) is 0 Å². The van der Waals surface area contributed by atoms with Crippen LogP contribution in [-0.2, 0) is 0 Å². The van der Waals surface area contributed by atoms with E-state index in [2.05, 4.69) is 59.2 Å². The lowest BCUT2D eigenvalue weighted by Crippen LogP contribution is -2.37. The third kappa shape index (κ3) is 7.41. The van der Waals surface area contributed by atoms with Crippen LogP contribution in [0.4, 0.5) is 0 Å². The fourth-order valence-electron chi connectivity index (χ4n) is 6.60. The Balaban J connectivity index is 1.31. The van der Waals surface area contributed by atoms with Crippen LogP contribution in [0.5, 0.6) is 0 Å². The molecule has 4 atom stereocenters. The van der Waals surface area contributed by atoms with E-state index < -0.39 is 0 Å². The number of piperidine rings is 1. The summed E-state index contributed by atoms with van der Waals surface area (Å²) in [5.41, 5.74) is 15.3. The van der Waals surface area contributed by atoms with Gasteiger partial charge in [-0.1, -0.05) is 44.2 Å². The highest BCUT2D eigenvalue weighted by Gasteiger charge is 2.38. The first kappa shape index (κ1) is 29.8. The van der Waals surface area contributed by atoms with E-state index >= 15 is 0 Å². The maximum Gasteiger partial charge on any atom is 0.354 e. The third-order valence-corrected chi connectivity index (χ3v) is 9.34. The second-order valence-electron chi connectivity index (χ2n) is 12.8. The summed E-state index contributed by atoms with van der Waals surface area (Å²) in [6.07, 6.45) is 9.50. The molecule has 2 fully saturated rings. The van der Waals surface area contributed by atoms with Crippen LogP contribution >= 0.6 is 11.8 Å². The first-order chi connectivity index (χ1) is 19.6. The van der Waals surface area contributed by atoms with Gasteiger partial charge in [-0.2, -0.15) is 4.98 Å². The van der Waals surface area contributed by atoms with Crippen molar-refractivity contribution in [1.29, 1.82) is 5.41 Å². The van der Waals surface area contributed by atoms with Gasteiger partial charge in [0.25, 0.3) is 0 Å².